The Kier molecular flexibility index (Phi) is 7.00. The normalized spacial score (nSPS) is 13.0. The molecule has 6 heteroatoms. The molecule has 0 heterocycles. The van der Waals surface area contributed by atoms with Crippen molar-refractivity contribution < 1.29 is 14.3 Å². The Balaban J connectivity index is 4.83. The highest BCUT2D eigenvalue weighted by molar-refractivity contribution is 5.87. The maximum Gasteiger partial charge on any atom is 0.241 e. The van der Waals surface area contributed by atoms with Crippen LogP contribution in [0.1, 0.15) is 20.8 Å². The number of rotatable bonds is 6. The number of methoxy groups -OCH3 is 1. The lowest BCUT2D eigenvalue weighted by Crippen LogP contribution is -2.53. The molecule has 2 amide bonds. The molecule has 0 aromatic rings. The van der Waals surface area contributed by atoms with E-state index in [0.717, 1.165) is 0 Å². The van der Waals surface area contributed by atoms with Crippen LogP contribution in [-0.2, 0) is 14.3 Å². The number of hydrogen-bond acceptors (Lipinski definition) is 4. The van der Waals surface area contributed by atoms with Crippen LogP contribution in [-0.4, -0.2) is 68.6 Å². The van der Waals surface area contributed by atoms with E-state index in [2.05, 4.69) is 0 Å². The van der Waals surface area contributed by atoms with E-state index in [0.29, 0.717) is 13.2 Å². The first-order valence-corrected chi connectivity index (χ1v) is 6.34. The predicted octanol–water partition coefficient (Wildman–Crippen LogP) is -0.0770. The predicted molar refractivity (Wildman–Crippen MR) is 74.6 cm³/mol. The second-order valence-electron chi connectivity index (χ2n) is 5.88. The summed E-state index contributed by atoms with van der Waals surface area (Å²) in [5.41, 5.74) is 5.62. The lowest BCUT2D eigenvalue weighted by atomic mass is 9.86. The number of amides is 2. The van der Waals surface area contributed by atoms with Gasteiger partial charge in [-0.05, 0) is 5.41 Å². The van der Waals surface area contributed by atoms with Gasteiger partial charge < -0.3 is 20.3 Å². The van der Waals surface area contributed by atoms with Gasteiger partial charge in [0.15, 0.2) is 0 Å². The maximum absolute atomic E-state index is 12.3. The Bertz CT molecular complexity index is 311. The molecule has 0 aliphatic rings. The summed E-state index contributed by atoms with van der Waals surface area (Å²) in [4.78, 5) is 27.0. The summed E-state index contributed by atoms with van der Waals surface area (Å²) in [7, 11) is 4.87. The van der Waals surface area contributed by atoms with Crippen molar-refractivity contribution in [1.29, 1.82) is 0 Å². The Morgan fingerprint density at radius 1 is 1.26 bits per heavy atom. The number of ether oxygens (including phenoxy) is 1. The molecule has 19 heavy (non-hydrogen) atoms. The molecule has 0 unspecified atom stereocenters. The van der Waals surface area contributed by atoms with Crippen molar-refractivity contribution in [3.05, 3.63) is 0 Å². The van der Waals surface area contributed by atoms with Gasteiger partial charge in [0, 0.05) is 27.7 Å². The van der Waals surface area contributed by atoms with Gasteiger partial charge in [0.25, 0.3) is 0 Å². The molecule has 2 N–H and O–H groups in total. The van der Waals surface area contributed by atoms with Gasteiger partial charge in [-0.25, -0.2) is 0 Å². The van der Waals surface area contributed by atoms with Gasteiger partial charge in [0.2, 0.25) is 11.8 Å². The van der Waals surface area contributed by atoms with Gasteiger partial charge in [-0.2, -0.15) is 0 Å². The molecular formula is C13H27N3O3. The summed E-state index contributed by atoms with van der Waals surface area (Å²) in [5, 5.41) is 0. The van der Waals surface area contributed by atoms with Crippen LogP contribution in [0.15, 0.2) is 0 Å². The zero-order chi connectivity index (χ0) is 15.2. The summed E-state index contributed by atoms with van der Waals surface area (Å²) in [5.74, 6) is -0.356. The quantitative estimate of drug-likeness (QED) is 0.734. The van der Waals surface area contributed by atoms with E-state index in [-0.39, 0.29) is 23.8 Å². The first-order valence-electron chi connectivity index (χ1n) is 6.34. The van der Waals surface area contributed by atoms with Crippen molar-refractivity contribution in [2.75, 3.05) is 40.9 Å². The highest BCUT2D eigenvalue weighted by atomic mass is 16.5. The number of nitrogens with two attached hydrogens (primary N) is 1. The summed E-state index contributed by atoms with van der Waals surface area (Å²) in [6.45, 7) is 6.47. The fourth-order valence-electron chi connectivity index (χ4n) is 1.34. The van der Waals surface area contributed by atoms with Crippen LogP contribution in [0, 0.1) is 5.41 Å². The summed E-state index contributed by atoms with van der Waals surface area (Å²) in [6.07, 6.45) is 0. The van der Waals surface area contributed by atoms with Crippen LogP contribution in [0.2, 0.25) is 0 Å². The first kappa shape index (κ1) is 17.9. The second kappa shape index (κ2) is 7.45. The number of hydrogen-bond donors (Lipinski definition) is 1. The minimum absolute atomic E-state index is 0.0268. The second-order valence-corrected chi connectivity index (χ2v) is 5.88. The van der Waals surface area contributed by atoms with Gasteiger partial charge >= 0.3 is 0 Å². The van der Waals surface area contributed by atoms with Crippen LogP contribution < -0.4 is 5.73 Å². The van der Waals surface area contributed by atoms with Crippen LogP contribution in [0.5, 0.6) is 0 Å². The van der Waals surface area contributed by atoms with E-state index in [1.54, 1.807) is 21.2 Å². The molecule has 0 aliphatic heterocycles. The van der Waals surface area contributed by atoms with E-state index in [1.165, 1.54) is 9.80 Å². The highest BCUT2D eigenvalue weighted by Crippen LogP contribution is 2.19. The zero-order valence-corrected chi connectivity index (χ0v) is 12.9. The molecule has 0 aromatic heterocycles. The first-order chi connectivity index (χ1) is 8.61. The molecule has 0 spiro atoms. The number of nitrogens with zero attached hydrogens (tertiary/aromatic N) is 2. The molecule has 0 radical (unpaired) electrons. The van der Waals surface area contributed by atoms with Gasteiger partial charge in [0.05, 0.1) is 19.2 Å². The van der Waals surface area contributed by atoms with Gasteiger partial charge in [-0.15, -0.1) is 0 Å². The summed E-state index contributed by atoms with van der Waals surface area (Å²) < 4.78 is 4.97. The number of carbonyl (C=O) groups excluding carboxylic acids is 2. The fraction of sp³-hybridized carbons (Fsp3) is 0.846. The Morgan fingerprint density at radius 2 is 1.79 bits per heavy atom. The average Bonchev–Trinajstić information content (AvgIpc) is 2.30. The molecular weight excluding hydrogens is 246 g/mol. The van der Waals surface area contributed by atoms with Crippen molar-refractivity contribution in [2.45, 2.75) is 26.8 Å². The molecule has 1 atom stereocenters. The van der Waals surface area contributed by atoms with Crippen LogP contribution in [0.25, 0.3) is 0 Å². The number of likely N-dealkylation sites (N-methyl/N-ethyl adjacent to an activating group) is 1. The smallest absolute Gasteiger partial charge is 0.241 e. The third-order valence-electron chi connectivity index (χ3n) is 2.90. The van der Waals surface area contributed by atoms with E-state index in [9.17, 15) is 9.59 Å². The molecule has 6 nitrogen and oxygen atoms in total. The topological polar surface area (TPSA) is 75.9 Å². The lowest BCUT2D eigenvalue weighted by molar-refractivity contribution is -0.142. The summed E-state index contributed by atoms with van der Waals surface area (Å²) >= 11 is 0. The van der Waals surface area contributed by atoms with Crippen LogP contribution in [0.3, 0.4) is 0 Å². The van der Waals surface area contributed by atoms with Crippen molar-refractivity contribution in [2.24, 2.45) is 11.1 Å². The maximum atomic E-state index is 12.3. The van der Waals surface area contributed by atoms with Crippen LogP contribution >= 0.6 is 0 Å². The van der Waals surface area contributed by atoms with E-state index in [4.69, 9.17) is 10.5 Å². The highest BCUT2D eigenvalue weighted by Gasteiger charge is 2.31. The van der Waals surface area contributed by atoms with Crippen molar-refractivity contribution in [3.63, 3.8) is 0 Å². The van der Waals surface area contributed by atoms with E-state index < -0.39 is 6.04 Å². The minimum Gasteiger partial charge on any atom is -0.383 e. The Morgan fingerprint density at radius 3 is 2.16 bits per heavy atom. The monoisotopic (exact) mass is 273 g/mol. The number of carbonyl (C=O) groups is 2. The van der Waals surface area contributed by atoms with E-state index >= 15 is 0 Å². The largest absolute Gasteiger partial charge is 0.383 e. The van der Waals surface area contributed by atoms with Gasteiger partial charge in [-0.3, -0.25) is 9.59 Å². The van der Waals surface area contributed by atoms with Crippen LogP contribution in [0.4, 0.5) is 0 Å². The standard InChI is InChI=1S/C13H27N3O3/c1-13(2,3)11(14)12(18)16(7-8-19-6)9-10(17)15(4)5/h11H,7-9,14H2,1-6H3/t11-/m1/s1. The van der Waals surface area contributed by atoms with Crippen molar-refractivity contribution in [3.8, 4) is 0 Å². The fourth-order valence-corrected chi connectivity index (χ4v) is 1.34. The molecule has 0 aromatic carbocycles. The third-order valence-corrected chi connectivity index (χ3v) is 2.90. The Labute approximate surface area is 115 Å². The molecule has 0 rings (SSSR count). The summed E-state index contributed by atoms with van der Waals surface area (Å²) in [6, 6.07) is -0.640. The SMILES string of the molecule is COCCN(CC(=O)N(C)C)C(=O)[C@@H](N)C(C)(C)C. The van der Waals surface area contributed by atoms with Crippen molar-refractivity contribution in [1.82, 2.24) is 9.80 Å². The molecule has 0 saturated heterocycles. The van der Waals surface area contributed by atoms with Crippen molar-refractivity contribution >= 4 is 11.8 Å². The minimum atomic E-state index is -0.640. The lowest BCUT2D eigenvalue weighted by Gasteiger charge is -2.32. The molecule has 0 aliphatic carbocycles. The Hall–Kier alpha value is -1.14. The molecule has 0 saturated carbocycles. The third kappa shape index (κ3) is 6.02. The van der Waals surface area contributed by atoms with Gasteiger partial charge in [0.1, 0.15) is 0 Å². The van der Waals surface area contributed by atoms with Gasteiger partial charge in [-0.1, -0.05) is 20.8 Å². The van der Waals surface area contributed by atoms with E-state index in [1.807, 2.05) is 20.8 Å². The zero-order valence-electron chi connectivity index (χ0n) is 12.9. The molecule has 0 bridgehead atoms. The average molecular weight is 273 g/mol. The molecule has 112 valence electrons. The molecule has 0 fully saturated rings.